The molecule has 2 rings (SSSR count). The largest absolute Gasteiger partial charge is 0.494 e. The second-order valence-electron chi connectivity index (χ2n) is 5.71. The normalized spacial score (nSPS) is 22.2. The van der Waals surface area contributed by atoms with Gasteiger partial charge in [0.25, 0.3) is 0 Å². The lowest BCUT2D eigenvalue weighted by Crippen LogP contribution is -2.36. The molecule has 1 heterocycles. The molecule has 0 aliphatic carbocycles. The second-order valence-corrected chi connectivity index (χ2v) is 5.71. The van der Waals surface area contributed by atoms with Crippen LogP contribution >= 0.6 is 0 Å². The minimum Gasteiger partial charge on any atom is -0.494 e. The topological polar surface area (TPSA) is 32.7 Å². The Kier molecular flexibility index (Phi) is 5.86. The summed E-state index contributed by atoms with van der Waals surface area (Å²) in [7, 11) is 0. The van der Waals surface area contributed by atoms with Gasteiger partial charge in [0, 0.05) is 12.6 Å². The first kappa shape index (κ1) is 15.3. The third kappa shape index (κ3) is 4.22. The monoisotopic (exact) mass is 277 g/mol. The Morgan fingerprint density at radius 2 is 2.00 bits per heavy atom. The number of benzene rings is 1. The van der Waals surface area contributed by atoms with Crippen LogP contribution in [0.2, 0.25) is 0 Å². The molecule has 2 atom stereocenters. The van der Waals surface area contributed by atoms with Crippen LogP contribution in [-0.2, 0) is 0 Å². The van der Waals surface area contributed by atoms with Crippen LogP contribution in [0.4, 0.5) is 0 Å². The van der Waals surface area contributed by atoms with E-state index in [1.807, 2.05) is 31.2 Å². The number of aliphatic hydroxyl groups excluding tert-OH is 1. The van der Waals surface area contributed by atoms with Gasteiger partial charge in [-0.3, -0.25) is 4.90 Å². The van der Waals surface area contributed by atoms with Crippen molar-refractivity contribution in [3.8, 4) is 5.75 Å². The van der Waals surface area contributed by atoms with Crippen molar-refractivity contribution >= 4 is 0 Å². The number of hydrogen-bond donors (Lipinski definition) is 1. The van der Waals surface area contributed by atoms with E-state index >= 15 is 0 Å². The van der Waals surface area contributed by atoms with Gasteiger partial charge in [0.2, 0.25) is 0 Å². The molecule has 1 aliphatic heterocycles. The molecule has 1 aliphatic rings. The molecular formula is C17H27NO2. The van der Waals surface area contributed by atoms with Crippen molar-refractivity contribution in [1.29, 1.82) is 0 Å². The molecule has 3 heteroatoms. The third-order valence-electron chi connectivity index (χ3n) is 4.17. The highest BCUT2D eigenvalue weighted by Gasteiger charge is 2.20. The maximum atomic E-state index is 10.4. The van der Waals surface area contributed by atoms with E-state index in [1.54, 1.807) is 0 Å². The Bertz CT molecular complexity index is 390. The van der Waals surface area contributed by atoms with Gasteiger partial charge in [0.1, 0.15) is 5.75 Å². The van der Waals surface area contributed by atoms with Crippen LogP contribution in [0.3, 0.4) is 0 Å². The maximum Gasteiger partial charge on any atom is 0.119 e. The second kappa shape index (κ2) is 7.65. The van der Waals surface area contributed by atoms with E-state index < -0.39 is 6.10 Å². The van der Waals surface area contributed by atoms with Crippen LogP contribution < -0.4 is 4.74 Å². The number of β-amino-alcohol motifs (C(OH)–C–C–N with tert-alkyl or cyclic N) is 1. The lowest BCUT2D eigenvalue weighted by molar-refractivity contribution is 0.0928. The highest BCUT2D eigenvalue weighted by Crippen LogP contribution is 2.22. The van der Waals surface area contributed by atoms with Gasteiger partial charge in [0.05, 0.1) is 12.7 Å². The molecule has 0 bridgehead atoms. The summed E-state index contributed by atoms with van der Waals surface area (Å²) >= 11 is 0. The van der Waals surface area contributed by atoms with Gasteiger partial charge in [-0.05, 0) is 50.9 Å². The summed E-state index contributed by atoms with van der Waals surface area (Å²) in [6, 6.07) is 8.40. The van der Waals surface area contributed by atoms with Crippen LogP contribution in [0.1, 0.15) is 51.2 Å². The Labute approximate surface area is 122 Å². The predicted molar refractivity (Wildman–Crippen MR) is 82.1 cm³/mol. The summed E-state index contributed by atoms with van der Waals surface area (Å²) in [6.45, 7) is 6.76. The Balaban J connectivity index is 1.94. The quantitative estimate of drug-likeness (QED) is 0.895. The first-order valence-electron chi connectivity index (χ1n) is 7.85. The molecule has 1 saturated heterocycles. The smallest absolute Gasteiger partial charge is 0.119 e. The van der Waals surface area contributed by atoms with Gasteiger partial charge in [-0.2, -0.15) is 0 Å². The van der Waals surface area contributed by atoms with Crippen LogP contribution in [-0.4, -0.2) is 35.7 Å². The molecule has 112 valence electrons. The summed E-state index contributed by atoms with van der Waals surface area (Å²) in [5.74, 6) is 0.867. The molecular weight excluding hydrogens is 250 g/mol. The molecule has 20 heavy (non-hydrogen) atoms. The first-order chi connectivity index (χ1) is 9.70. The molecule has 0 aromatic heterocycles. The molecule has 0 spiro atoms. The number of rotatable bonds is 5. The van der Waals surface area contributed by atoms with Crippen molar-refractivity contribution in [1.82, 2.24) is 4.90 Å². The van der Waals surface area contributed by atoms with Crippen molar-refractivity contribution in [2.24, 2.45) is 0 Å². The Morgan fingerprint density at radius 1 is 1.25 bits per heavy atom. The molecule has 3 nitrogen and oxygen atoms in total. The van der Waals surface area contributed by atoms with E-state index in [0.29, 0.717) is 12.6 Å². The van der Waals surface area contributed by atoms with Crippen LogP contribution in [0, 0.1) is 0 Å². The van der Waals surface area contributed by atoms with Crippen molar-refractivity contribution in [2.45, 2.75) is 51.7 Å². The van der Waals surface area contributed by atoms with Gasteiger partial charge in [-0.15, -0.1) is 0 Å². The van der Waals surface area contributed by atoms with Gasteiger partial charge < -0.3 is 9.84 Å². The van der Waals surface area contributed by atoms with E-state index in [-0.39, 0.29) is 0 Å². The standard InChI is InChI=1S/C17H27NO2/c1-3-20-16-10-8-15(9-11-16)17(19)13-18-12-6-4-5-7-14(18)2/h8-11,14,17,19H,3-7,12-13H2,1-2H3. The fraction of sp³-hybridized carbons (Fsp3) is 0.647. The summed E-state index contributed by atoms with van der Waals surface area (Å²) < 4.78 is 5.43. The van der Waals surface area contributed by atoms with Gasteiger partial charge in [0.15, 0.2) is 0 Å². The Hall–Kier alpha value is -1.06. The number of likely N-dealkylation sites (tertiary alicyclic amines) is 1. The van der Waals surface area contributed by atoms with Crippen LogP contribution in [0.5, 0.6) is 5.75 Å². The van der Waals surface area contributed by atoms with E-state index in [2.05, 4.69) is 11.8 Å². The van der Waals surface area contributed by atoms with Gasteiger partial charge >= 0.3 is 0 Å². The summed E-state index contributed by atoms with van der Waals surface area (Å²) in [5, 5.41) is 10.4. The number of aliphatic hydroxyl groups is 1. The number of ether oxygens (including phenoxy) is 1. The lowest BCUT2D eigenvalue weighted by Gasteiger charge is -2.29. The first-order valence-corrected chi connectivity index (χ1v) is 7.85. The van der Waals surface area contributed by atoms with Crippen molar-refractivity contribution in [2.75, 3.05) is 19.7 Å². The highest BCUT2D eigenvalue weighted by atomic mass is 16.5. The molecule has 2 unspecified atom stereocenters. The van der Waals surface area contributed by atoms with Crippen LogP contribution in [0.15, 0.2) is 24.3 Å². The zero-order valence-electron chi connectivity index (χ0n) is 12.7. The minimum absolute atomic E-state index is 0.411. The van der Waals surface area contributed by atoms with Gasteiger partial charge in [-0.1, -0.05) is 25.0 Å². The molecule has 0 saturated carbocycles. The van der Waals surface area contributed by atoms with E-state index in [4.69, 9.17) is 4.74 Å². The zero-order chi connectivity index (χ0) is 14.4. The average molecular weight is 277 g/mol. The minimum atomic E-state index is -0.411. The average Bonchev–Trinajstić information content (AvgIpc) is 2.65. The molecule has 0 amide bonds. The summed E-state index contributed by atoms with van der Waals surface area (Å²) in [6.07, 6.45) is 4.72. The van der Waals surface area contributed by atoms with Crippen molar-refractivity contribution < 1.29 is 9.84 Å². The Morgan fingerprint density at radius 3 is 2.70 bits per heavy atom. The van der Waals surface area contributed by atoms with E-state index in [1.165, 1.54) is 25.7 Å². The maximum absolute atomic E-state index is 10.4. The SMILES string of the molecule is CCOc1ccc(C(O)CN2CCCCCC2C)cc1. The molecule has 1 fully saturated rings. The lowest BCUT2D eigenvalue weighted by atomic mass is 10.1. The fourth-order valence-electron chi connectivity index (χ4n) is 2.89. The van der Waals surface area contributed by atoms with Gasteiger partial charge in [-0.25, -0.2) is 0 Å². The third-order valence-corrected chi connectivity index (χ3v) is 4.17. The molecule has 1 N–H and O–H groups in total. The predicted octanol–water partition coefficient (Wildman–Crippen LogP) is 3.38. The number of nitrogens with zero attached hydrogens (tertiary/aromatic N) is 1. The summed E-state index contributed by atoms with van der Waals surface area (Å²) in [4.78, 5) is 2.42. The molecule has 0 radical (unpaired) electrons. The fourth-order valence-corrected chi connectivity index (χ4v) is 2.89. The highest BCUT2D eigenvalue weighted by molar-refractivity contribution is 5.28. The van der Waals surface area contributed by atoms with Crippen LogP contribution in [0.25, 0.3) is 0 Å². The molecule has 1 aromatic rings. The van der Waals surface area contributed by atoms with E-state index in [0.717, 1.165) is 24.4 Å². The van der Waals surface area contributed by atoms with E-state index in [9.17, 15) is 5.11 Å². The zero-order valence-corrected chi connectivity index (χ0v) is 12.7. The molecule has 1 aromatic carbocycles. The van der Waals surface area contributed by atoms with Crippen molar-refractivity contribution in [3.63, 3.8) is 0 Å². The summed E-state index contributed by atoms with van der Waals surface area (Å²) in [5.41, 5.74) is 0.977. The van der Waals surface area contributed by atoms with Crippen molar-refractivity contribution in [3.05, 3.63) is 29.8 Å². The number of hydrogen-bond acceptors (Lipinski definition) is 3.